The van der Waals surface area contributed by atoms with Gasteiger partial charge in [-0.15, -0.1) is 0 Å². The summed E-state index contributed by atoms with van der Waals surface area (Å²) in [5.41, 5.74) is 0.690. The van der Waals surface area contributed by atoms with E-state index in [-0.39, 0.29) is 10.8 Å². The van der Waals surface area contributed by atoms with Crippen LogP contribution in [0.1, 0.15) is 68.7 Å². The highest BCUT2D eigenvalue weighted by molar-refractivity contribution is 7.90. The Balaban J connectivity index is 1.83. The maximum Gasteiger partial charge on any atom is 0.233 e. The minimum atomic E-state index is -3.33. The molecule has 1 aromatic heterocycles. The molecule has 1 amide bonds. The number of rotatable bonds is 6. The van der Waals surface area contributed by atoms with Crippen molar-refractivity contribution in [2.45, 2.75) is 69.3 Å². The Labute approximate surface area is 196 Å². The monoisotopic (exact) mass is 469 g/mol. The largest absolute Gasteiger partial charge is 0.378 e. The van der Waals surface area contributed by atoms with Gasteiger partial charge in [-0.1, -0.05) is 43.7 Å². The number of hydrogen-bond acceptors (Lipinski definition) is 6. The van der Waals surface area contributed by atoms with E-state index in [4.69, 9.17) is 0 Å². The molecule has 0 radical (unpaired) electrons. The SMILES string of the molecule is Cc1cc(C(CC2CCCC2)C(=O)Nc2cnc(C#CC(C)(C)O)cn2)ccc1S(C)(=O)=O. The van der Waals surface area contributed by atoms with Crippen LogP contribution in [0.25, 0.3) is 0 Å². The van der Waals surface area contributed by atoms with Crippen molar-refractivity contribution in [3.63, 3.8) is 0 Å². The van der Waals surface area contributed by atoms with Gasteiger partial charge in [0.1, 0.15) is 11.3 Å². The lowest BCUT2D eigenvalue weighted by Crippen LogP contribution is -2.24. The summed E-state index contributed by atoms with van der Waals surface area (Å²) in [5, 5.41) is 12.6. The highest BCUT2D eigenvalue weighted by atomic mass is 32.2. The quantitative estimate of drug-likeness (QED) is 0.626. The van der Waals surface area contributed by atoms with E-state index in [0.717, 1.165) is 18.4 Å². The zero-order chi connectivity index (χ0) is 24.2. The van der Waals surface area contributed by atoms with Crippen LogP contribution >= 0.6 is 0 Å². The Bertz CT molecular complexity index is 1170. The van der Waals surface area contributed by atoms with Gasteiger partial charge in [-0.25, -0.2) is 18.4 Å². The number of amides is 1. The molecule has 1 unspecified atom stereocenters. The van der Waals surface area contributed by atoms with Gasteiger partial charge in [0.05, 0.1) is 23.2 Å². The summed E-state index contributed by atoms with van der Waals surface area (Å²) < 4.78 is 24.0. The van der Waals surface area contributed by atoms with Gasteiger partial charge in [0.15, 0.2) is 15.7 Å². The lowest BCUT2D eigenvalue weighted by atomic mass is 9.86. The molecule has 1 atom stereocenters. The molecule has 33 heavy (non-hydrogen) atoms. The Hall–Kier alpha value is -2.76. The Kier molecular flexibility index (Phi) is 7.55. The van der Waals surface area contributed by atoms with Crippen molar-refractivity contribution < 1.29 is 18.3 Å². The number of carbonyl (C=O) groups is 1. The van der Waals surface area contributed by atoms with Crippen molar-refractivity contribution in [1.29, 1.82) is 0 Å². The van der Waals surface area contributed by atoms with Gasteiger partial charge in [0, 0.05) is 6.26 Å². The number of sulfone groups is 1. The summed E-state index contributed by atoms with van der Waals surface area (Å²) in [5.74, 6) is 5.58. The van der Waals surface area contributed by atoms with E-state index < -0.39 is 21.4 Å². The molecule has 1 fully saturated rings. The summed E-state index contributed by atoms with van der Waals surface area (Å²) in [6.45, 7) is 4.91. The van der Waals surface area contributed by atoms with Gasteiger partial charge in [-0.2, -0.15) is 0 Å². The fourth-order valence-corrected chi connectivity index (χ4v) is 5.13. The number of benzene rings is 1. The topological polar surface area (TPSA) is 109 Å². The molecule has 1 saturated carbocycles. The fraction of sp³-hybridized carbons (Fsp3) is 0.480. The number of aryl methyl sites for hydroxylation is 1. The van der Waals surface area contributed by atoms with Crippen molar-refractivity contribution in [1.82, 2.24) is 9.97 Å². The second-order valence-electron chi connectivity index (χ2n) is 9.32. The number of carbonyl (C=O) groups excluding carboxylic acids is 1. The van der Waals surface area contributed by atoms with Gasteiger partial charge < -0.3 is 10.4 Å². The first-order chi connectivity index (χ1) is 15.4. The Morgan fingerprint density at radius 3 is 2.48 bits per heavy atom. The first-order valence-electron chi connectivity index (χ1n) is 11.1. The number of hydrogen-bond donors (Lipinski definition) is 2. The molecule has 1 aliphatic rings. The summed E-state index contributed by atoms with van der Waals surface area (Å²) >= 11 is 0. The molecule has 2 aromatic rings. The highest BCUT2D eigenvalue weighted by Crippen LogP contribution is 2.35. The molecule has 7 nitrogen and oxygen atoms in total. The fourth-order valence-electron chi connectivity index (χ4n) is 4.17. The van der Waals surface area contributed by atoms with Gasteiger partial charge >= 0.3 is 0 Å². The third-order valence-corrected chi connectivity index (χ3v) is 7.02. The number of aliphatic hydroxyl groups is 1. The van der Waals surface area contributed by atoms with E-state index in [9.17, 15) is 18.3 Å². The van der Waals surface area contributed by atoms with E-state index in [1.807, 2.05) is 0 Å². The van der Waals surface area contributed by atoms with Crippen LogP contribution in [-0.2, 0) is 14.6 Å². The number of nitrogens with zero attached hydrogens (tertiary/aromatic N) is 2. The van der Waals surface area contributed by atoms with Crippen molar-refractivity contribution in [2.75, 3.05) is 11.6 Å². The van der Waals surface area contributed by atoms with E-state index in [2.05, 4.69) is 27.1 Å². The molecule has 0 bridgehead atoms. The lowest BCUT2D eigenvalue weighted by Gasteiger charge is -2.21. The molecular formula is C25H31N3O4S. The van der Waals surface area contributed by atoms with Crippen LogP contribution in [0.4, 0.5) is 5.82 Å². The van der Waals surface area contributed by atoms with Gasteiger partial charge in [0.25, 0.3) is 0 Å². The van der Waals surface area contributed by atoms with Crippen LogP contribution in [-0.4, -0.2) is 41.3 Å². The van der Waals surface area contributed by atoms with Crippen molar-refractivity contribution in [3.05, 3.63) is 47.4 Å². The van der Waals surface area contributed by atoms with Crippen LogP contribution in [0.5, 0.6) is 0 Å². The summed E-state index contributed by atoms with van der Waals surface area (Å²) in [7, 11) is -3.33. The predicted molar refractivity (Wildman–Crippen MR) is 127 cm³/mol. The Morgan fingerprint density at radius 1 is 1.24 bits per heavy atom. The molecule has 0 saturated heterocycles. The molecule has 176 valence electrons. The average molecular weight is 470 g/mol. The van der Waals surface area contributed by atoms with E-state index in [1.54, 1.807) is 39.0 Å². The minimum absolute atomic E-state index is 0.196. The third-order valence-electron chi connectivity index (χ3n) is 5.76. The molecule has 1 aliphatic carbocycles. The molecule has 1 aromatic carbocycles. The second-order valence-corrected chi connectivity index (χ2v) is 11.3. The average Bonchev–Trinajstić information content (AvgIpc) is 3.23. The van der Waals surface area contributed by atoms with E-state index in [1.165, 1.54) is 31.5 Å². The second kappa shape index (κ2) is 10.0. The molecule has 0 aliphatic heterocycles. The van der Waals surface area contributed by atoms with Crippen LogP contribution in [0.3, 0.4) is 0 Å². The maximum absolute atomic E-state index is 13.3. The molecule has 3 rings (SSSR count). The number of anilines is 1. The molecule has 1 heterocycles. The third kappa shape index (κ3) is 7.11. The number of nitrogens with one attached hydrogen (secondary N) is 1. The van der Waals surface area contributed by atoms with E-state index >= 15 is 0 Å². The molecular weight excluding hydrogens is 438 g/mol. The number of aromatic nitrogens is 2. The smallest absolute Gasteiger partial charge is 0.233 e. The zero-order valence-corrected chi connectivity index (χ0v) is 20.4. The standard InChI is InChI=1S/C25H31N3O4S/c1-17-13-19(9-10-22(17)33(4,31)32)21(14-18-7-5-6-8-18)24(29)28-23-16-26-20(15-27-23)11-12-25(2,3)30/h9-10,13,15-16,18,21,30H,5-8,14H2,1-4H3,(H,27,28,29). The normalized spacial score (nSPS) is 15.5. The summed E-state index contributed by atoms with van der Waals surface area (Å²) in [4.78, 5) is 22.0. The molecule has 8 heteroatoms. The van der Waals surface area contributed by atoms with Crippen LogP contribution in [0.15, 0.2) is 35.5 Å². The van der Waals surface area contributed by atoms with Crippen molar-refractivity contribution >= 4 is 21.6 Å². The van der Waals surface area contributed by atoms with Gasteiger partial charge in [-0.3, -0.25) is 4.79 Å². The van der Waals surface area contributed by atoms with Gasteiger partial charge in [-0.05, 0) is 56.2 Å². The van der Waals surface area contributed by atoms with Crippen molar-refractivity contribution in [2.24, 2.45) is 5.92 Å². The van der Waals surface area contributed by atoms with Crippen LogP contribution in [0.2, 0.25) is 0 Å². The van der Waals surface area contributed by atoms with Crippen molar-refractivity contribution in [3.8, 4) is 11.8 Å². The zero-order valence-electron chi connectivity index (χ0n) is 19.6. The minimum Gasteiger partial charge on any atom is -0.378 e. The Morgan fingerprint density at radius 2 is 1.94 bits per heavy atom. The van der Waals surface area contributed by atoms with Gasteiger partial charge in [0.2, 0.25) is 5.91 Å². The highest BCUT2D eigenvalue weighted by Gasteiger charge is 2.28. The first-order valence-corrected chi connectivity index (χ1v) is 13.0. The maximum atomic E-state index is 13.3. The van der Waals surface area contributed by atoms with Crippen LogP contribution < -0.4 is 5.32 Å². The molecule has 2 N–H and O–H groups in total. The first kappa shape index (κ1) is 24.9. The predicted octanol–water partition coefficient (Wildman–Crippen LogP) is 3.61. The lowest BCUT2D eigenvalue weighted by molar-refractivity contribution is -0.118. The molecule has 0 spiro atoms. The van der Waals surface area contributed by atoms with Crippen LogP contribution in [0, 0.1) is 24.7 Å². The summed E-state index contributed by atoms with van der Waals surface area (Å²) in [6, 6.07) is 5.13. The summed E-state index contributed by atoms with van der Waals surface area (Å²) in [6.07, 6.45) is 9.31. The van der Waals surface area contributed by atoms with E-state index in [0.29, 0.717) is 29.4 Å².